The quantitative estimate of drug-likeness (QED) is 0.498. The average Bonchev–Trinajstić information content (AvgIpc) is 2.26. The minimum Gasteiger partial charge on any atom is -0.469 e. The molecule has 0 radical (unpaired) electrons. The van der Waals surface area contributed by atoms with Gasteiger partial charge in [-0.15, -0.1) is 0 Å². The van der Waals surface area contributed by atoms with Crippen LogP contribution in [0.2, 0.25) is 0 Å². The van der Waals surface area contributed by atoms with E-state index in [2.05, 4.69) is 5.32 Å². The monoisotopic (exact) mass is 245 g/mol. The Labute approximate surface area is 105 Å². The van der Waals surface area contributed by atoms with Crippen molar-refractivity contribution >= 4 is 5.97 Å². The van der Waals surface area contributed by atoms with E-state index in [1.807, 2.05) is 27.7 Å². The highest BCUT2D eigenvalue weighted by molar-refractivity contribution is 5.75. The summed E-state index contributed by atoms with van der Waals surface area (Å²) in [7, 11) is 1.42. The highest BCUT2D eigenvalue weighted by atomic mass is 16.5. The first-order valence-electron chi connectivity index (χ1n) is 6.31. The van der Waals surface area contributed by atoms with E-state index in [1.54, 1.807) is 0 Å². The Kier molecular flexibility index (Phi) is 8.17. The van der Waals surface area contributed by atoms with Crippen LogP contribution < -0.4 is 5.32 Å². The van der Waals surface area contributed by atoms with Crippen LogP contribution in [0.3, 0.4) is 0 Å². The number of unbranched alkanes of at least 4 members (excludes halogenated alkanes) is 1. The van der Waals surface area contributed by atoms with Gasteiger partial charge in [-0.25, -0.2) is 0 Å². The lowest BCUT2D eigenvalue weighted by atomic mass is 9.94. The van der Waals surface area contributed by atoms with Gasteiger partial charge in [0.25, 0.3) is 0 Å². The van der Waals surface area contributed by atoms with Gasteiger partial charge in [-0.05, 0) is 47.1 Å². The molecule has 0 aliphatic heterocycles. The van der Waals surface area contributed by atoms with Crippen LogP contribution in [-0.2, 0) is 14.3 Å². The molecular formula is C13H27NO3. The predicted molar refractivity (Wildman–Crippen MR) is 69.0 cm³/mol. The molecule has 4 heteroatoms. The highest BCUT2D eigenvalue weighted by Gasteiger charge is 2.27. The molecule has 0 saturated carbocycles. The molecule has 0 fully saturated rings. The largest absolute Gasteiger partial charge is 0.469 e. The molecule has 1 N–H and O–H groups in total. The molecule has 0 rings (SSSR count). The zero-order chi connectivity index (χ0) is 13.3. The molecule has 0 aromatic rings. The third-order valence-electron chi connectivity index (χ3n) is 2.50. The number of methoxy groups -OCH3 is 1. The number of carbonyl (C=O) groups is 1. The van der Waals surface area contributed by atoms with Gasteiger partial charge in [-0.1, -0.05) is 0 Å². The minimum absolute atomic E-state index is 0.173. The van der Waals surface area contributed by atoms with Crippen molar-refractivity contribution in [3.63, 3.8) is 0 Å². The molecule has 0 aromatic heterocycles. The molecule has 0 bridgehead atoms. The second-order valence-corrected chi connectivity index (χ2v) is 5.18. The SMILES string of the molecule is COC(=O)C(C)(C)CNCCCCOC(C)C. The molecule has 0 atom stereocenters. The summed E-state index contributed by atoms with van der Waals surface area (Å²) in [5, 5.41) is 3.27. The van der Waals surface area contributed by atoms with Crippen LogP contribution in [0, 0.1) is 5.41 Å². The molecule has 0 spiro atoms. The fraction of sp³-hybridized carbons (Fsp3) is 0.923. The summed E-state index contributed by atoms with van der Waals surface area (Å²) in [6.07, 6.45) is 2.41. The van der Waals surface area contributed by atoms with E-state index in [0.29, 0.717) is 12.6 Å². The number of hydrogen-bond acceptors (Lipinski definition) is 4. The van der Waals surface area contributed by atoms with Gasteiger partial charge in [0.1, 0.15) is 0 Å². The molecule has 0 aliphatic carbocycles. The summed E-state index contributed by atoms with van der Waals surface area (Å²) in [4.78, 5) is 11.4. The lowest BCUT2D eigenvalue weighted by molar-refractivity contribution is -0.150. The van der Waals surface area contributed by atoms with E-state index >= 15 is 0 Å². The van der Waals surface area contributed by atoms with Gasteiger partial charge in [-0.3, -0.25) is 4.79 Å². The third-order valence-corrected chi connectivity index (χ3v) is 2.50. The Morgan fingerprint density at radius 2 is 1.94 bits per heavy atom. The van der Waals surface area contributed by atoms with Crippen molar-refractivity contribution in [2.45, 2.75) is 46.6 Å². The number of esters is 1. The Balaban J connectivity index is 3.48. The topological polar surface area (TPSA) is 47.6 Å². The van der Waals surface area contributed by atoms with E-state index in [0.717, 1.165) is 26.0 Å². The summed E-state index contributed by atoms with van der Waals surface area (Å²) >= 11 is 0. The molecule has 4 nitrogen and oxygen atoms in total. The average molecular weight is 245 g/mol. The van der Waals surface area contributed by atoms with Gasteiger partial charge in [0.15, 0.2) is 0 Å². The first-order valence-corrected chi connectivity index (χ1v) is 6.31. The van der Waals surface area contributed by atoms with E-state index in [4.69, 9.17) is 9.47 Å². The number of hydrogen-bond donors (Lipinski definition) is 1. The number of ether oxygens (including phenoxy) is 2. The Morgan fingerprint density at radius 1 is 1.29 bits per heavy atom. The molecule has 0 saturated heterocycles. The summed E-state index contributed by atoms with van der Waals surface area (Å²) < 4.78 is 10.2. The maximum atomic E-state index is 11.4. The smallest absolute Gasteiger partial charge is 0.312 e. The standard InChI is InChI=1S/C13H27NO3/c1-11(2)17-9-7-6-8-14-10-13(3,4)12(15)16-5/h11,14H,6-10H2,1-5H3. The van der Waals surface area contributed by atoms with Crippen molar-refractivity contribution in [2.24, 2.45) is 5.41 Å². The van der Waals surface area contributed by atoms with E-state index in [1.165, 1.54) is 7.11 Å². The zero-order valence-electron chi connectivity index (χ0n) is 11.8. The van der Waals surface area contributed by atoms with Crippen LogP contribution >= 0.6 is 0 Å². The van der Waals surface area contributed by atoms with Crippen LogP contribution in [0.5, 0.6) is 0 Å². The lowest BCUT2D eigenvalue weighted by Crippen LogP contribution is -2.37. The summed E-state index contributed by atoms with van der Waals surface area (Å²) in [6.45, 7) is 10.2. The van der Waals surface area contributed by atoms with E-state index in [9.17, 15) is 4.79 Å². The second kappa shape index (κ2) is 8.48. The Morgan fingerprint density at radius 3 is 2.47 bits per heavy atom. The highest BCUT2D eigenvalue weighted by Crippen LogP contribution is 2.15. The summed E-state index contributed by atoms with van der Waals surface area (Å²) in [5.74, 6) is -0.173. The van der Waals surface area contributed by atoms with Gasteiger partial charge in [0.05, 0.1) is 18.6 Å². The van der Waals surface area contributed by atoms with Crippen molar-refractivity contribution in [3.05, 3.63) is 0 Å². The van der Waals surface area contributed by atoms with Crippen molar-refractivity contribution in [1.29, 1.82) is 0 Å². The van der Waals surface area contributed by atoms with Crippen LogP contribution in [0.25, 0.3) is 0 Å². The molecular weight excluding hydrogens is 218 g/mol. The van der Waals surface area contributed by atoms with Gasteiger partial charge >= 0.3 is 5.97 Å². The Hall–Kier alpha value is -0.610. The van der Waals surface area contributed by atoms with Crippen molar-refractivity contribution in [1.82, 2.24) is 5.32 Å². The van der Waals surface area contributed by atoms with Crippen LogP contribution in [0.4, 0.5) is 0 Å². The normalized spacial score (nSPS) is 11.9. The summed E-state index contributed by atoms with van der Waals surface area (Å²) in [6, 6.07) is 0. The van der Waals surface area contributed by atoms with Gasteiger partial charge in [-0.2, -0.15) is 0 Å². The molecule has 102 valence electrons. The van der Waals surface area contributed by atoms with E-state index in [-0.39, 0.29) is 5.97 Å². The number of carbonyl (C=O) groups excluding carboxylic acids is 1. The van der Waals surface area contributed by atoms with Crippen LogP contribution in [0.15, 0.2) is 0 Å². The lowest BCUT2D eigenvalue weighted by Gasteiger charge is -2.21. The first kappa shape index (κ1) is 16.4. The van der Waals surface area contributed by atoms with Gasteiger partial charge in [0, 0.05) is 13.2 Å². The maximum absolute atomic E-state index is 11.4. The molecule has 0 aliphatic rings. The van der Waals surface area contributed by atoms with Crippen LogP contribution in [0.1, 0.15) is 40.5 Å². The zero-order valence-corrected chi connectivity index (χ0v) is 11.8. The third kappa shape index (κ3) is 8.16. The van der Waals surface area contributed by atoms with Gasteiger partial charge in [0.2, 0.25) is 0 Å². The minimum atomic E-state index is -0.455. The van der Waals surface area contributed by atoms with Crippen molar-refractivity contribution in [3.8, 4) is 0 Å². The van der Waals surface area contributed by atoms with E-state index < -0.39 is 5.41 Å². The molecule has 0 amide bonds. The fourth-order valence-corrected chi connectivity index (χ4v) is 1.42. The van der Waals surface area contributed by atoms with Crippen LogP contribution in [-0.4, -0.2) is 38.9 Å². The number of rotatable bonds is 9. The predicted octanol–water partition coefficient (Wildman–Crippen LogP) is 1.98. The molecule has 17 heavy (non-hydrogen) atoms. The van der Waals surface area contributed by atoms with Crippen molar-refractivity contribution in [2.75, 3.05) is 26.8 Å². The molecule has 0 heterocycles. The number of nitrogens with one attached hydrogen (secondary N) is 1. The fourth-order valence-electron chi connectivity index (χ4n) is 1.42. The molecule has 0 unspecified atom stereocenters. The molecule has 0 aromatic carbocycles. The van der Waals surface area contributed by atoms with Gasteiger partial charge < -0.3 is 14.8 Å². The van der Waals surface area contributed by atoms with Crippen molar-refractivity contribution < 1.29 is 14.3 Å². The first-order chi connectivity index (χ1) is 7.90. The maximum Gasteiger partial charge on any atom is 0.312 e. The Bertz CT molecular complexity index is 215. The summed E-state index contributed by atoms with van der Waals surface area (Å²) in [5.41, 5.74) is -0.455. The second-order valence-electron chi connectivity index (χ2n) is 5.18.